The van der Waals surface area contributed by atoms with Crippen molar-refractivity contribution in [1.29, 1.82) is 0 Å². The molecule has 2 fully saturated rings. The van der Waals surface area contributed by atoms with Crippen molar-refractivity contribution in [2.24, 2.45) is 5.92 Å². The topological polar surface area (TPSA) is 66.9 Å². The van der Waals surface area contributed by atoms with Crippen LogP contribution in [0.2, 0.25) is 0 Å². The van der Waals surface area contributed by atoms with Crippen molar-refractivity contribution in [3.8, 4) is 0 Å². The normalized spacial score (nSPS) is 22.9. The van der Waals surface area contributed by atoms with E-state index in [4.69, 9.17) is 4.74 Å². The van der Waals surface area contributed by atoms with Crippen molar-refractivity contribution in [1.82, 2.24) is 9.80 Å². The van der Waals surface area contributed by atoms with Gasteiger partial charge in [0.15, 0.2) is 0 Å². The second kappa shape index (κ2) is 7.13. The minimum Gasteiger partial charge on any atom is -0.469 e. The van der Waals surface area contributed by atoms with E-state index in [1.165, 1.54) is 12.0 Å². The number of nitrogens with zero attached hydrogens (tertiary/aromatic N) is 2. The molecule has 0 N–H and O–H groups in total. The van der Waals surface area contributed by atoms with Crippen LogP contribution in [0.5, 0.6) is 0 Å². The lowest BCUT2D eigenvalue weighted by Gasteiger charge is -2.33. The van der Waals surface area contributed by atoms with E-state index < -0.39 is 0 Å². The second-order valence-corrected chi connectivity index (χ2v) is 6.36. The van der Waals surface area contributed by atoms with Crippen LogP contribution >= 0.6 is 0 Å². The lowest BCUT2D eigenvalue weighted by molar-refractivity contribution is -0.147. The summed E-state index contributed by atoms with van der Waals surface area (Å²) in [6.45, 7) is 1.61. The van der Waals surface area contributed by atoms with Crippen LogP contribution < -0.4 is 0 Å². The van der Waals surface area contributed by atoms with Gasteiger partial charge in [-0.15, -0.1) is 0 Å². The smallest absolute Gasteiger partial charge is 0.308 e. The zero-order valence-corrected chi connectivity index (χ0v) is 13.8. The van der Waals surface area contributed by atoms with E-state index in [0.29, 0.717) is 32.5 Å². The molecule has 128 valence electrons. The SMILES string of the molecule is COC(=O)C1CCN(C2CC(=O)N(Cc3ccccc3)C2=O)CC1. The van der Waals surface area contributed by atoms with E-state index in [9.17, 15) is 14.4 Å². The summed E-state index contributed by atoms with van der Waals surface area (Å²) >= 11 is 0. The highest BCUT2D eigenvalue weighted by Gasteiger charge is 2.43. The Kier molecular flexibility index (Phi) is 4.94. The van der Waals surface area contributed by atoms with E-state index in [0.717, 1.165) is 5.56 Å². The molecule has 0 spiro atoms. The molecule has 2 saturated heterocycles. The summed E-state index contributed by atoms with van der Waals surface area (Å²) in [5.74, 6) is -0.530. The Morgan fingerprint density at radius 2 is 1.83 bits per heavy atom. The Balaban J connectivity index is 1.61. The van der Waals surface area contributed by atoms with Crippen molar-refractivity contribution >= 4 is 17.8 Å². The zero-order chi connectivity index (χ0) is 17.1. The van der Waals surface area contributed by atoms with Crippen LogP contribution in [-0.2, 0) is 25.7 Å². The molecule has 1 aromatic carbocycles. The van der Waals surface area contributed by atoms with Gasteiger partial charge >= 0.3 is 5.97 Å². The predicted octanol–water partition coefficient (Wildman–Crippen LogP) is 1.20. The monoisotopic (exact) mass is 330 g/mol. The van der Waals surface area contributed by atoms with Crippen LogP contribution in [-0.4, -0.2) is 53.8 Å². The lowest BCUT2D eigenvalue weighted by Crippen LogP contribution is -2.46. The van der Waals surface area contributed by atoms with Crippen LogP contribution in [0.25, 0.3) is 0 Å². The first-order valence-electron chi connectivity index (χ1n) is 8.30. The average molecular weight is 330 g/mol. The number of imide groups is 1. The van der Waals surface area contributed by atoms with Gasteiger partial charge in [0.2, 0.25) is 11.8 Å². The number of methoxy groups -OCH3 is 1. The van der Waals surface area contributed by atoms with Crippen molar-refractivity contribution < 1.29 is 19.1 Å². The number of carbonyl (C=O) groups is 3. The number of ether oxygens (including phenoxy) is 1. The summed E-state index contributed by atoms with van der Waals surface area (Å²) in [6, 6.07) is 9.14. The molecule has 3 rings (SSSR count). The highest BCUT2D eigenvalue weighted by Crippen LogP contribution is 2.26. The number of carbonyl (C=O) groups excluding carboxylic acids is 3. The van der Waals surface area contributed by atoms with Crippen molar-refractivity contribution in [3.63, 3.8) is 0 Å². The van der Waals surface area contributed by atoms with Gasteiger partial charge in [0, 0.05) is 0 Å². The molecule has 0 aromatic heterocycles. The molecular weight excluding hydrogens is 308 g/mol. The van der Waals surface area contributed by atoms with E-state index >= 15 is 0 Å². The van der Waals surface area contributed by atoms with Crippen LogP contribution in [0.3, 0.4) is 0 Å². The Labute approximate surface area is 141 Å². The molecule has 1 aromatic rings. The molecule has 2 amide bonds. The Morgan fingerprint density at radius 1 is 1.17 bits per heavy atom. The van der Waals surface area contributed by atoms with E-state index in [1.54, 1.807) is 0 Å². The lowest BCUT2D eigenvalue weighted by atomic mass is 9.95. The predicted molar refractivity (Wildman–Crippen MR) is 86.7 cm³/mol. The molecule has 2 aliphatic rings. The molecule has 6 heteroatoms. The number of likely N-dealkylation sites (tertiary alicyclic amines) is 2. The quantitative estimate of drug-likeness (QED) is 0.613. The molecular formula is C18H22N2O4. The summed E-state index contributed by atoms with van der Waals surface area (Å²) in [7, 11) is 1.40. The van der Waals surface area contributed by atoms with Gasteiger partial charge in [-0.25, -0.2) is 0 Å². The van der Waals surface area contributed by atoms with Gasteiger partial charge in [-0.05, 0) is 31.5 Å². The molecule has 1 atom stereocenters. The zero-order valence-electron chi connectivity index (χ0n) is 13.8. The molecule has 6 nitrogen and oxygen atoms in total. The Bertz CT molecular complexity index is 623. The van der Waals surface area contributed by atoms with Crippen LogP contribution in [0.15, 0.2) is 30.3 Å². The number of piperidine rings is 1. The number of esters is 1. The summed E-state index contributed by atoms with van der Waals surface area (Å²) in [4.78, 5) is 39.9. The highest BCUT2D eigenvalue weighted by atomic mass is 16.5. The fraction of sp³-hybridized carbons (Fsp3) is 0.500. The third kappa shape index (κ3) is 3.33. The Morgan fingerprint density at radius 3 is 2.46 bits per heavy atom. The minimum atomic E-state index is -0.389. The van der Waals surface area contributed by atoms with Crippen molar-refractivity contribution in [3.05, 3.63) is 35.9 Å². The molecule has 2 aliphatic heterocycles. The largest absolute Gasteiger partial charge is 0.469 e. The number of hydrogen-bond donors (Lipinski definition) is 0. The average Bonchev–Trinajstić information content (AvgIpc) is 2.90. The number of rotatable bonds is 4. The molecule has 0 saturated carbocycles. The fourth-order valence-electron chi connectivity index (χ4n) is 3.50. The van der Waals surface area contributed by atoms with Crippen LogP contribution in [0.1, 0.15) is 24.8 Å². The molecule has 2 heterocycles. The second-order valence-electron chi connectivity index (χ2n) is 6.36. The van der Waals surface area contributed by atoms with Gasteiger partial charge in [-0.2, -0.15) is 0 Å². The van der Waals surface area contributed by atoms with Crippen molar-refractivity contribution in [2.75, 3.05) is 20.2 Å². The number of amides is 2. The summed E-state index contributed by atoms with van der Waals surface area (Å²) < 4.78 is 4.79. The molecule has 0 aliphatic carbocycles. The first kappa shape index (κ1) is 16.6. The first-order chi connectivity index (χ1) is 11.6. The van der Waals surface area contributed by atoms with E-state index in [1.807, 2.05) is 35.2 Å². The van der Waals surface area contributed by atoms with Crippen LogP contribution in [0.4, 0.5) is 0 Å². The van der Waals surface area contributed by atoms with E-state index in [2.05, 4.69) is 0 Å². The van der Waals surface area contributed by atoms with Gasteiger partial charge in [0.25, 0.3) is 0 Å². The third-order valence-electron chi connectivity index (χ3n) is 4.91. The van der Waals surface area contributed by atoms with Gasteiger partial charge in [0.05, 0.1) is 32.0 Å². The maximum atomic E-state index is 12.7. The van der Waals surface area contributed by atoms with Crippen molar-refractivity contribution in [2.45, 2.75) is 31.8 Å². The molecule has 0 radical (unpaired) electrons. The maximum absolute atomic E-state index is 12.7. The van der Waals surface area contributed by atoms with Gasteiger partial charge in [-0.1, -0.05) is 30.3 Å². The highest BCUT2D eigenvalue weighted by molar-refractivity contribution is 6.05. The molecule has 24 heavy (non-hydrogen) atoms. The van der Waals surface area contributed by atoms with Crippen LogP contribution in [0, 0.1) is 5.92 Å². The minimum absolute atomic E-state index is 0.0983. The molecule has 0 bridgehead atoms. The summed E-state index contributed by atoms with van der Waals surface area (Å²) in [6.07, 6.45) is 1.57. The first-order valence-corrected chi connectivity index (χ1v) is 8.30. The van der Waals surface area contributed by atoms with Gasteiger partial charge in [-0.3, -0.25) is 24.2 Å². The maximum Gasteiger partial charge on any atom is 0.308 e. The van der Waals surface area contributed by atoms with Gasteiger partial charge in [0.1, 0.15) is 0 Å². The number of hydrogen-bond acceptors (Lipinski definition) is 5. The summed E-state index contributed by atoms with van der Waals surface area (Å²) in [5.41, 5.74) is 0.948. The standard InChI is InChI=1S/C18H22N2O4/c1-24-18(23)14-7-9-19(10-8-14)15-11-16(21)20(17(15)22)12-13-5-3-2-4-6-13/h2-6,14-15H,7-12H2,1H3. The summed E-state index contributed by atoms with van der Waals surface area (Å²) in [5, 5.41) is 0. The van der Waals surface area contributed by atoms with Gasteiger partial charge < -0.3 is 4.74 Å². The third-order valence-corrected chi connectivity index (χ3v) is 4.91. The van der Waals surface area contributed by atoms with E-state index in [-0.39, 0.29) is 36.2 Å². The number of benzene rings is 1. The fourth-order valence-corrected chi connectivity index (χ4v) is 3.50. The molecule has 1 unspecified atom stereocenters. The Hall–Kier alpha value is -2.21.